The molecule has 0 aromatic carbocycles. The van der Waals surface area contributed by atoms with E-state index in [1.807, 2.05) is 0 Å². The van der Waals surface area contributed by atoms with Gasteiger partial charge in [0.1, 0.15) is 0 Å². The van der Waals surface area contributed by atoms with Gasteiger partial charge in [0.2, 0.25) is 6.29 Å². The van der Waals surface area contributed by atoms with Crippen molar-refractivity contribution in [3.8, 4) is 0 Å². The largest absolute Gasteiger partial charge is 0.430 e. The number of carbonyl (C=O) groups excluding carboxylic acids is 1. The summed E-state index contributed by atoms with van der Waals surface area (Å²) < 4.78 is 30.9. The van der Waals surface area contributed by atoms with Crippen LogP contribution < -0.4 is 0 Å². The maximum Gasteiger partial charge on any atom is 0.335 e. The first kappa shape index (κ1) is 15.1. The quantitative estimate of drug-likeness (QED) is 0.222. The third-order valence-corrected chi connectivity index (χ3v) is 2.55. The molecule has 0 rings (SSSR count). The first-order valence-electron chi connectivity index (χ1n) is 4.72. The lowest BCUT2D eigenvalue weighted by atomic mass is 10.4. The summed E-state index contributed by atoms with van der Waals surface area (Å²) >= 11 is 0. The minimum atomic E-state index is -3.72. The minimum Gasteiger partial charge on any atom is -0.430 e. The van der Waals surface area contributed by atoms with Crippen molar-refractivity contribution in [2.24, 2.45) is 0 Å². The second-order valence-corrected chi connectivity index (χ2v) is 4.84. The van der Waals surface area contributed by atoms with Crippen LogP contribution in [0.4, 0.5) is 0 Å². The Kier molecular flexibility index (Phi) is 6.24. The van der Waals surface area contributed by atoms with Crippen LogP contribution in [0.5, 0.6) is 0 Å². The van der Waals surface area contributed by atoms with Crippen LogP contribution in [-0.2, 0) is 28.9 Å². The van der Waals surface area contributed by atoms with E-state index >= 15 is 0 Å². The van der Waals surface area contributed by atoms with Crippen molar-refractivity contribution >= 4 is 16.1 Å². The fraction of sp³-hybridized carbons (Fsp3) is 0.667. The molecule has 0 saturated heterocycles. The van der Waals surface area contributed by atoms with Crippen LogP contribution in [0.3, 0.4) is 0 Å². The van der Waals surface area contributed by atoms with Crippen LogP contribution in [0.15, 0.2) is 12.2 Å². The lowest BCUT2D eigenvalue weighted by Crippen LogP contribution is -2.21. The normalized spacial score (nSPS) is 13.2. The van der Waals surface area contributed by atoms with Gasteiger partial charge in [-0.2, -0.15) is 13.3 Å². The van der Waals surface area contributed by atoms with Crippen LogP contribution in [0, 0.1) is 0 Å². The molecule has 0 aliphatic rings. The van der Waals surface area contributed by atoms with Gasteiger partial charge in [-0.15, -0.1) is 4.33 Å². The Bertz CT molecular complexity index is 345. The van der Waals surface area contributed by atoms with Gasteiger partial charge in [-0.3, -0.25) is 0 Å². The lowest BCUT2D eigenvalue weighted by molar-refractivity contribution is -0.299. The van der Waals surface area contributed by atoms with Crippen molar-refractivity contribution in [2.45, 2.75) is 33.5 Å². The average Bonchev–Trinajstić information content (AvgIpc) is 2.14. The Morgan fingerprint density at radius 1 is 1.44 bits per heavy atom. The molecule has 16 heavy (non-hydrogen) atoms. The molecule has 0 fully saturated rings. The van der Waals surface area contributed by atoms with Crippen molar-refractivity contribution in [1.82, 2.24) is 0 Å². The molecule has 0 aromatic rings. The van der Waals surface area contributed by atoms with Crippen LogP contribution in [-0.4, -0.2) is 26.4 Å². The van der Waals surface area contributed by atoms with E-state index in [2.05, 4.69) is 20.5 Å². The van der Waals surface area contributed by atoms with Crippen molar-refractivity contribution in [2.75, 3.05) is 5.75 Å². The monoisotopic (exact) mass is 252 g/mol. The second kappa shape index (κ2) is 6.62. The van der Waals surface area contributed by atoms with E-state index in [1.54, 1.807) is 6.92 Å². The van der Waals surface area contributed by atoms with Gasteiger partial charge in [0.15, 0.2) is 0 Å². The molecule has 0 N–H and O–H groups in total. The molecule has 6 nitrogen and oxygen atoms in total. The Hall–Kier alpha value is -0.920. The van der Waals surface area contributed by atoms with Crippen molar-refractivity contribution in [1.29, 1.82) is 0 Å². The second-order valence-electron chi connectivity index (χ2n) is 3.18. The third-order valence-electron chi connectivity index (χ3n) is 1.35. The molecule has 0 bridgehead atoms. The van der Waals surface area contributed by atoms with Crippen LogP contribution >= 0.6 is 0 Å². The molecule has 0 heterocycles. The molecular formula is C9H16O6S. The molecule has 0 aliphatic carbocycles. The van der Waals surface area contributed by atoms with Crippen LogP contribution in [0.1, 0.15) is 27.2 Å². The summed E-state index contributed by atoms with van der Waals surface area (Å²) in [4.78, 5) is 15.4. The molecule has 94 valence electrons. The molecule has 1 unspecified atom stereocenters. The van der Waals surface area contributed by atoms with Gasteiger partial charge in [0.05, 0.1) is 5.75 Å². The standard InChI is InChI=1S/C9H16O6S/c1-5-6-16(11,12)15-14-8(4)13-9(10)7(2)3/h8H,2,5-6H2,1,3-4H3. The Balaban J connectivity index is 4.04. The van der Waals surface area contributed by atoms with Crippen molar-refractivity contribution in [3.05, 3.63) is 12.2 Å². The molecule has 1 atom stereocenters. The Morgan fingerprint density at radius 3 is 2.44 bits per heavy atom. The zero-order valence-corrected chi connectivity index (χ0v) is 10.4. The molecule has 7 heteroatoms. The summed E-state index contributed by atoms with van der Waals surface area (Å²) in [5.41, 5.74) is 0.187. The highest BCUT2D eigenvalue weighted by atomic mass is 32.2. The SMILES string of the molecule is C=C(C)C(=O)OC(C)OOS(=O)(=O)CCC. The lowest BCUT2D eigenvalue weighted by Gasteiger charge is -2.12. The first-order chi connectivity index (χ1) is 7.28. The van der Waals surface area contributed by atoms with E-state index in [0.717, 1.165) is 0 Å². The van der Waals surface area contributed by atoms with E-state index in [-0.39, 0.29) is 11.3 Å². The van der Waals surface area contributed by atoms with Crippen molar-refractivity contribution < 1.29 is 27.2 Å². The average molecular weight is 252 g/mol. The van der Waals surface area contributed by atoms with Crippen LogP contribution in [0.25, 0.3) is 0 Å². The Labute approximate surface area is 95.2 Å². The first-order valence-corrected chi connectivity index (χ1v) is 6.30. The number of carbonyl (C=O) groups is 1. The maximum absolute atomic E-state index is 11.0. The molecule has 0 aliphatic heterocycles. The highest BCUT2D eigenvalue weighted by molar-refractivity contribution is 7.86. The molecule has 0 radical (unpaired) electrons. The molecule has 0 saturated carbocycles. The summed E-state index contributed by atoms with van der Waals surface area (Å²) in [6.07, 6.45) is -0.707. The fourth-order valence-electron chi connectivity index (χ4n) is 0.670. The number of esters is 1. The van der Waals surface area contributed by atoms with Gasteiger partial charge in [-0.1, -0.05) is 13.5 Å². The van der Waals surface area contributed by atoms with Gasteiger partial charge in [-0.25, -0.2) is 4.79 Å². The number of rotatable bonds is 7. The maximum atomic E-state index is 11.0. The fourth-order valence-corrected chi connectivity index (χ4v) is 1.47. The minimum absolute atomic E-state index is 0.159. The summed E-state index contributed by atoms with van der Waals surface area (Å²) in [5.74, 6) is -0.835. The van der Waals surface area contributed by atoms with Gasteiger partial charge in [0, 0.05) is 12.5 Å². The molecule has 0 aromatic heterocycles. The van der Waals surface area contributed by atoms with Crippen LogP contribution in [0.2, 0.25) is 0 Å². The number of hydrogen-bond acceptors (Lipinski definition) is 6. The summed E-state index contributed by atoms with van der Waals surface area (Å²) in [6.45, 7) is 7.84. The smallest absolute Gasteiger partial charge is 0.335 e. The molecule has 0 spiro atoms. The topological polar surface area (TPSA) is 78.9 Å². The summed E-state index contributed by atoms with van der Waals surface area (Å²) in [5, 5.41) is 0. The summed E-state index contributed by atoms with van der Waals surface area (Å²) in [7, 11) is -3.72. The van der Waals surface area contributed by atoms with E-state index < -0.39 is 22.4 Å². The van der Waals surface area contributed by atoms with Gasteiger partial charge >= 0.3 is 5.97 Å². The predicted octanol–water partition coefficient (Wildman–Crippen LogP) is 1.14. The number of hydrogen-bond donors (Lipinski definition) is 0. The van der Waals surface area contributed by atoms with Gasteiger partial charge in [0.25, 0.3) is 10.1 Å². The van der Waals surface area contributed by atoms with E-state index in [1.165, 1.54) is 13.8 Å². The van der Waals surface area contributed by atoms with Gasteiger partial charge in [-0.05, 0) is 13.3 Å². The zero-order chi connectivity index (χ0) is 12.8. The highest BCUT2D eigenvalue weighted by Gasteiger charge is 2.16. The van der Waals surface area contributed by atoms with E-state index in [4.69, 9.17) is 0 Å². The molecular weight excluding hydrogens is 236 g/mol. The summed E-state index contributed by atoms with van der Waals surface area (Å²) in [6, 6.07) is 0. The zero-order valence-electron chi connectivity index (χ0n) is 9.56. The number of ether oxygens (including phenoxy) is 1. The highest BCUT2D eigenvalue weighted by Crippen LogP contribution is 2.04. The molecule has 0 amide bonds. The van der Waals surface area contributed by atoms with Gasteiger partial charge < -0.3 is 4.74 Å². The third kappa shape index (κ3) is 6.54. The Morgan fingerprint density at radius 2 is 2.00 bits per heavy atom. The predicted molar refractivity (Wildman–Crippen MR) is 56.6 cm³/mol. The van der Waals surface area contributed by atoms with E-state index in [9.17, 15) is 13.2 Å². The van der Waals surface area contributed by atoms with Crippen molar-refractivity contribution in [3.63, 3.8) is 0 Å². The van der Waals surface area contributed by atoms with E-state index in [0.29, 0.717) is 6.42 Å².